The van der Waals surface area contributed by atoms with Crippen LogP contribution in [-0.4, -0.2) is 635 Å². The van der Waals surface area contributed by atoms with Gasteiger partial charge in [0.05, 0.1) is 233 Å². The Balaban J connectivity index is 0.000000220. The van der Waals surface area contributed by atoms with Gasteiger partial charge >= 0.3 is 0 Å². The fraction of sp³-hybridized carbons (Fsp3) is 1.00. The van der Waals surface area contributed by atoms with Crippen LogP contribution in [0, 0.1) is 21.7 Å². The van der Waals surface area contributed by atoms with Gasteiger partial charge in [0.1, 0.15) is 30.5 Å². The Morgan fingerprint density at radius 1 is 0.223 bits per heavy atom. The molecule has 148 heavy (non-hydrogen) atoms. The molecule has 872 valence electrons. The van der Waals surface area contributed by atoms with Crippen LogP contribution in [0.25, 0.3) is 0 Å². The molecule has 13 heterocycles. The first-order chi connectivity index (χ1) is 72.1. The molecular weight excluding hydrogens is 1910 g/mol. The molecule has 0 aromatic carbocycles. The number of piperazine rings is 8. The Labute approximate surface area is 889 Å². The first kappa shape index (κ1) is 130. The van der Waals surface area contributed by atoms with Crippen LogP contribution in [-0.2, 0) is 80.5 Å². The zero-order valence-corrected chi connectivity index (χ0v) is 92.6. The van der Waals surface area contributed by atoms with Gasteiger partial charge in [0, 0.05) is 303 Å². The summed E-state index contributed by atoms with van der Waals surface area (Å²) >= 11 is 0. The molecule has 0 spiro atoms. The molecule has 0 bridgehead atoms. The highest BCUT2D eigenvalue weighted by Crippen LogP contribution is 2.35. The fourth-order valence-electron chi connectivity index (χ4n) is 19.4. The Bertz CT molecular complexity index is 2940. The van der Waals surface area contributed by atoms with E-state index in [4.69, 9.17) is 80.5 Å². The normalized spacial score (nSPS) is 25.7. The monoisotopic (exact) mass is 2130 g/mol. The highest BCUT2D eigenvalue weighted by Gasteiger charge is 2.40. The molecule has 0 aliphatic carbocycles. The van der Waals surface area contributed by atoms with Crippen LogP contribution in [0.15, 0.2) is 0 Å². The fourth-order valence-corrected chi connectivity index (χ4v) is 19.4. The maximum absolute atomic E-state index is 11.1. The summed E-state index contributed by atoms with van der Waals surface area (Å²) in [5.41, 5.74) is -0.950. The minimum absolute atomic E-state index is 0.0984. The van der Waals surface area contributed by atoms with Crippen molar-refractivity contribution in [1.29, 1.82) is 0 Å². The van der Waals surface area contributed by atoms with Gasteiger partial charge in [-0.25, -0.2) is 0 Å². The third kappa shape index (κ3) is 60.5. The standard InChI is InChI=1S/C34H70N6O7.C27H56N6O6.C26H50N2O7.C15H26O6.C4H10N2/c1-3-5-20-45-25-31(42)24-40-18-16-39(17-19-40)21-30(41)6-7-34(4-2,28-46-26-32(43)22-37-12-8-35-9-13-37)29-47-27-33(44)23-38-14-10-36-11-15-38;1-2-27(21-37-18-24(34)15-31-9-3-28-4-10-31,22-38-19-25(35)16-32-11-5-29-6-12-32)23-39-20-26(36)17-33-13-7-30-8-14-33;1-3-5-12-31-15-23(30)14-28-10-8-27(9-11-28)13-22(29)6-7-26(4-2,20-32-16-24-18-34-24)21-33-17-25-19-35-25;1-2-15(9-16-3-12-6-19-12,10-17-4-13-7-20-13)11-18-5-14-8-21-14;1-2-6-4-3-5-1/h30-33,35-36,41-44H,3-29H2,1-2H3;24-26,28-30,34-36H,2-23H2,1H3;22-25,29-30H,3-21H2,1-2H3;12-14H,2-11H2,1H3;5-6H,1-4H2. The van der Waals surface area contributed by atoms with E-state index in [1.165, 1.54) is 0 Å². The van der Waals surface area contributed by atoms with Crippen LogP contribution in [0.3, 0.4) is 0 Å². The van der Waals surface area contributed by atoms with E-state index in [0.29, 0.717) is 203 Å². The van der Waals surface area contributed by atoms with E-state index >= 15 is 0 Å². The molecule has 0 aromatic heterocycles. The third-order valence-corrected chi connectivity index (χ3v) is 30.2. The van der Waals surface area contributed by atoms with E-state index in [9.17, 15) is 46.0 Å². The molecule has 42 heteroatoms. The summed E-state index contributed by atoms with van der Waals surface area (Å²) in [6.07, 6.45) is 7.55. The summed E-state index contributed by atoms with van der Waals surface area (Å²) in [6.45, 7) is 64.9. The number of epoxide rings is 5. The smallest absolute Gasteiger partial charge is 0.104 e. The number of rotatable bonds is 78. The first-order valence-corrected chi connectivity index (χ1v) is 57.7. The van der Waals surface area contributed by atoms with Crippen molar-refractivity contribution in [2.24, 2.45) is 21.7 Å². The number of aliphatic hydroxyl groups excluding tert-OH is 9. The van der Waals surface area contributed by atoms with Gasteiger partial charge < -0.3 is 164 Å². The molecule has 13 rings (SSSR count). The summed E-state index contributed by atoms with van der Waals surface area (Å²) in [5.74, 6) is 0. The quantitative estimate of drug-likeness (QED) is 0.0214. The van der Waals surface area contributed by atoms with Crippen molar-refractivity contribution in [3.8, 4) is 0 Å². The Hall–Kier alpha value is -1.68. The van der Waals surface area contributed by atoms with Crippen molar-refractivity contribution in [1.82, 2.24) is 81.3 Å². The maximum Gasteiger partial charge on any atom is 0.104 e. The van der Waals surface area contributed by atoms with Gasteiger partial charge in [-0.15, -0.1) is 0 Å². The van der Waals surface area contributed by atoms with Crippen molar-refractivity contribution >= 4 is 0 Å². The van der Waals surface area contributed by atoms with Crippen molar-refractivity contribution in [3.05, 3.63) is 0 Å². The summed E-state index contributed by atoms with van der Waals surface area (Å²) in [7, 11) is 0. The van der Waals surface area contributed by atoms with Crippen LogP contribution >= 0.6 is 0 Å². The average Bonchev–Trinajstić information content (AvgIpc) is 1.76. The van der Waals surface area contributed by atoms with Crippen LogP contribution in [0.1, 0.15) is 119 Å². The second-order valence-corrected chi connectivity index (χ2v) is 44.1. The van der Waals surface area contributed by atoms with E-state index in [1.54, 1.807) is 0 Å². The van der Waals surface area contributed by atoms with E-state index in [1.807, 2.05) is 0 Å². The number of hydrogen-bond donors (Lipinski definition) is 16. The number of nitrogens with one attached hydrogen (secondary N) is 7. The summed E-state index contributed by atoms with van der Waals surface area (Å²) in [5, 5.41) is 119. The van der Waals surface area contributed by atoms with Gasteiger partial charge in [-0.3, -0.25) is 44.1 Å². The molecule has 13 fully saturated rings. The number of nitrogens with zero attached hydrogens (tertiary/aromatic N) is 9. The van der Waals surface area contributed by atoms with Crippen LogP contribution in [0.5, 0.6) is 0 Å². The molecule has 13 saturated heterocycles. The second kappa shape index (κ2) is 77.7. The first-order valence-electron chi connectivity index (χ1n) is 57.7. The van der Waals surface area contributed by atoms with Crippen molar-refractivity contribution in [2.45, 2.75) is 204 Å². The van der Waals surface area contributed by atoms with Crippen molar-refractivity contribution in [2.75, 3.05) is 460 Å². The van der Waals surface area contributed by atoms with Gasteiger partial charge in [0.25, 0.3) is 0 Å². The largest absolute Gasteiger partial charge is 0.392 e. The van der Waals surface area contributed by atoms with Gasteiger partial charge in [0.2, 0.25) is 0 Å². The van der Waals surface area contributed by atoms with E-state index < -0.39 is 54.2 Å². The lowest BCUT2D eigenvalue weighted by Gasteiger charge is -2.37. The second-order valence-electron chi connectivity index (χ2n) is 44.1. The highest BCUT2D eigenvalue weighted by molar-refractivity contribution is 4.89. The lowest BCUT2D eigenvalue weighted by Crippen LogP contribution is -2.50. The zero-order chi connectivity index (χ0) is 105. The molecule has 42 nitrogen and oxygen atoms in total. The van der Waals surface area contributed by atoms with Crippen molar-refractivity contribution in [3.63, 3.8) is 0 Å². The number of unbranched alkanes of at least 4 members (excludes halogenated alkanes) is 2. The molecule has 0 aromatic rings. The number of aliphatic hydroxyl groups is 9. The van der Waals surface area contributed by atoms with E-state index in [-0.39, 0.29) is 67.6 Å². The maximum atomic E-state index is 11.1. The number of ether oxygens (including phenoxy) is 17. The minimum atomic E-state index is -0.554. The van der Waals surface area contributed by atoms with Gasteiger partial charge in [-0.1, -0.05) is 54.4 Å². The SMILES string of the molecule is C1CNCCN1.CCC(COCC(O)CN1CCNCC1)(COCC(O)CN1CCNCC1)COCC(O)CN1CCNCC1.CCC(COCC1CO1)(COCC1CO1)COCC1CO1.CCCCOCC(O)CN1CCN(CC(O)CCC(CC)(COCC(O)CN2CCNCC2)COCC(O)CN2CCNCC2)CC1.CCCCOCC(O)CN1CCN(CC(O)CCC(CC)(COCC2CO2)COCC2CO2)CC1. The van der Waals surface area contributed by atoms with Gasteiger partial charge in [-0.05, 0) is 64.2 Å². The highest BCUT2D eigenvalue weighted by atomic mass is 16.6. The molecule has 0 amide bonds. The van der Waals surface area contributed by atoms with Crippen LogP contribution < -0.4 is 37.2 Å². The molecule has 14 atom stereocenters. The molecule has 16 N–H and O–H groups in total. The Morgan fingerprint density at radius 2 is 0.392 bits per heavy atom. The summed E-state index contributed by atoms with van der Waals surface area (Å²) < 4.78 is 97.1. The van der Waals surface area contributed by atoms with Crippen LogP contribution in [0.4, 0.5) is 0 Å². The van der Waals surface area contributed by atoms with Gasteiger partial charge in [0.15, 0.2) is 0 Å². The molecule has 0 saturated carbocycles. The average molecular weight is 2130 g/mol. The molecule has 0 radical (unpaired) electrons. The predicted molar refractivity (Wildman–Crippen MR) is 570 cm³/mol. The molecule has 13 aliphatic rings. The lowest BCUT2D eigenvalue weighted by molar-refractivity contribution is -0.104. The summed E-state index contributed by atoms with van der Waals surface area (Å²) in [6, 6.07) is 0. The summed E-state index contributed by atoms with van der Waals surface area (Å²) in [4.78, 5) is 20.5. The third-order valence-electron chi connectivity index (χ3n) is 30.2. The Morgan fingerprint density at radius 3 is 0.581 bits per heavy atom. The van der Waals surface area contributed by atoms with E-state index in [2.05, 4.69) is 123 Å². The topological polar surface area (TPSA) is 469 Å². The minimum Gasteiger partial charge on any atom is -0.392 e. The zero-order valence-electron chi connectivity index (χ0n) is 92.6. The van der Waals surface area contributed by atoms with Gasteiger partial charge in [-0.2, -0.15) is 0 Å². The molecule has 14 unspecified atom stereocenters. The van der Waals surface area contributed by atoms with Crippen LogP contribution in [0.2, 0.25) is 0 Å². The predicted octanol–water partition coefficient (Wildman–Crippen LogP) is -2.93. The van der Waals surface area contributed by atoms with Crippen molar-refractivity contribution < 1.29 is 126 Å². The number of hydrogen-bond acceptors (Lipinski definition) is 42. The Kier molecular flexibility index (Phi) is 68.2. The lowest BCUT2D eigenvalue weighted by atomic mass is 9.81. The molecular formula is C106H212N16O26. The molecule has 13 aliphatic heterocycles. The number of β-amino-alcohol motifs (C(OH)–C–C–N with tert-alkyl or cyclic N) is 9. The van der Waals surface area contributed by atoms with E-state index in [0.717, 1.165) is 320 Å².